The lowest BCUT2D eigenvalue weighted by molar-refractivity contribution is -0.144. The summed E-state index contributed by atoms with van der Waals surface area (Å²) >= 11 is 0. The first-order valence-electron chi connectivity index (χ1n) is 4.75. The van der Waals surface area contributed by atoms with Crippen LogP contribution in [0.3, 0.4) is 0 Å². The van der Waals surface area contributed by atoms with E-state index in [2.05, 4.69) is 10.4 Å². The number of aryl methyl sites for hydroxylation is 1. The lowest BCUT2D eigenvalue weighted by atomic mass is 10.2. The summed E-state index contributed by atoms with van der Waals surface area (Å²) in [6.45, 7) is 2.86. The summed E-state index contributed by atoms with van der Waals surface area (Å²) in [5.74, 6) is 0. The Morgan fingerprint density at radius 2 is 2.13 bits per heavy atom. The number of hydrogen-bond acceptors (Lipinski definition) is 2. The van der Waals surface area contributed by atoms with Gasteiger partial charge in [-0.25, -0.2) is 0 Å². The second-order valence-corrected chi connectivity index (χ2v) is 3.32. The molecule has 0 aliphatic heterocycles. The first-order chi connectivity index (χ1) is 6.96. The van der Waals surface area contributed by atoms with Crippen molar-refractivity contribution >= 4 is 0 Å². The second kappa shape index (κ2) is 4.65. The van der Waals surface area contributed by atoms with Crippen LogP contribution in [0.25, 0.3) is 0 Å². The van der Waals surface area contributed by atoms with Crippen LogP contribution in [0.15, 0.2) is 6.20 Å². The Balaban J connectivity index is 2.80. The van der Waals surface area contributed by atoms with Crippen LogP contribution in [0.5, 0.6) is 0 Å². The van der Waals surface area contributed by atoms with E-state index in [1.165, 1.54) is 13.2 Å². The van der Waals surface area contributed by atoms with Crippen LogP contribution >= 0.6 is 0 Å². The predicted octanol–water partition coefficient (Wildman–Crippen LogP) is 1.94. The van der Waals surface area contributed by atoms with E-state index < -0.39 is 11.9 Å². The van der Waals surface area contributed by atoms with Crippen molar-refractivity contribution in [2.45, 2.75) is 26.1 Å². The minimum absolute atomic E-state index is 0.193. The summed E-state index contributed by atoms with van der Waals surface area (Å²) < 4.78 is 38.6. The molecule has 3 nitrogen and oxygen atoms in total. The third kappa shape index (κ3) is 2.95. The summed E-state index contributed by atoms with van der Waals surface area (Å²) in [7, 11) is 1.30. The maximum Gasteiger partial charge on any atom is 0.433 e. The highest BCUT2D eigenvalue weighted by atomic mass is 19.4. The molecule has 86 valence electrons. The fourth-order valence-corrected chi connectivity index (χ4v) is 1.38. The number of halogens is 3. The van der Waals surface area contributed by atoms with E-state index in [4.69, 9.17) is 0 Å². The van der Waals surface area contributed by atoms with Crippen molar-refractivity contribution in [3.05, 3.63) is 17.5 Å². The Kier molecular flexibility index (Phi) is 3.73. The van der Waals surface area contributed by atoms with E-state index in [1.807, 2.05) is 6.92 Å². The van der Waals surface area contributed by atoms with E-state index in [0.717, 1.165) is 11.1 Å². The molecule has 0 saturated carbocycles. The van der Waals surface area contributed by atoms with Gasteiger partial charge in [0, 0.05) is 19.2 Å². The SMILES string of the molecule is CCCNCc1cnn(C)c1C(F)(F)F. The van der Waals surface area contributed by atoms with Gasteiger partial charge in [0.2, 0.25) is 0 Å². The molecule has 0 fully saturated rings. The highest BCUT2D eigenvalue weighted by Crippen LogP contribution is 2.31. The number of nitrogens with one attached hydrogen (secondary N) is 1. The number of hydrogen-bond donors (Lipinski definition) is 1. The van der Waals surface area contributed by atoms with Gasteiger partial charge in [0.25, 0.3) is 0 Å². The smallest absolute Gasteiger partial charge is 0.313 e. The zero-order valence-electron chi connectivity index (χ0n) is 8.73. The average Bonchev–Trinajstić information content (AvgIpc) is 2.47. The molecule has 0 atom stereocenters. The largest absolute Gasteiger partial charge is 0.433 e. The molecule has 0 spiro atoms. The fourth-order valence-electron chi connectivity index (χ4n) is 1.38. The standard InChI is InChI=1S/C9H14F3N3/c1-3-4-13-5-7-6-14-15(2)8(7)9(10,11)12/h6,13H,3-5H2,1-2H3. The van der Waals surface area contributed by atoms with Crippen LogP contribution in [0.4, 0.5) is 13.2 Å². The normalized spacial score (nSPS) is 12.1. The lowest BCUT2D eigenvalue weighted by Gasteiger charge is -2.10. The van der Waals surface area contributed by atoms with Gasteiger partial charge < -0.3 is 5.32 Å². The molecule has 1 aromatic heterocycles. The van der Waals surface area contributed by atoms with Gasteiger partial charge in [-0.05, 0) is 13.0 Å². The van der Waals surface area contributed by atoms with E-state index in [1.54, 1.807) is 0 Å². The van der Waals surface area contributed by atoms with Crippen LogP contribution in [0.1, 0.15) is 24.6 Å². The quantitative estimate of drug-likeness (QED) is 0.787. The molecule has 0 aliphatic carbocycles. The molecule has 0 aromatic carbocycles. The molecule has 1 rings (SSSR count). The lowest BCUT2D eigenvalue weighted by Crippen LogP contribution is -2.19. The summed E-state index contributed by atoms with van der Waals surface area (Å²) in [6, 6.07) is 0. The summed E-state index contributed by atoms with van der Waals surface area (Å²) in [5, 5.41) is 6.54. The Labute approximate surface area is 86.3 Å². The molecule has 0 saturated heterocycles. The molecule has 1 aromatic rings. The first-order valence-corrected chi connectivity index (χ1v) is 4.75. The fraction of sp³-hybridized carbons (Fsp3) is 0.667. The summed E-state index contributed by atoms with van der Waals surface area (Å²) in [6.07, 6.45) is -2.19. The molecule has 0 unspecified atom stereocenters. The molecule has 0 bridgehead atoms. The Morgan fingerprint density at radius 1 is 1.47 bits per heavy atom. The molecule has 15 heavy (non-hydrogen) atoms. The van der Waals surface area contributed by atoms with Gasteiger partial charge in [0.1, 0.15) is 5.69 Å². The zero-order valence-corrected chi connectivity index (χ0v) is 8.73. The molecule has 0 radical (unpaired) electrons. The Bertz CT molecular complexity index is 317. The number of alkyl halides is 3. The molecular formula is C9H14F3N3. The maximum atomic E-state index is 12.6. The van der Waals surface area contributed by atoms with Gasteiger partial charge in [0.15, 0.2) is 0 Å². The highest BCUT2D eigenvalue weighted by Gasteiger charge is 2.36. The van der Waals surface area contributed by atoms with E-state index >= 15 is 0 Å². The molecule has 0 amide bonds. The van der Waals surface area contributed by atoms with Crippen LogP contribution in [0.2, 0.25) is 0 Å². The van der Waals surface area contributed by atoms with Crippen molar-refractivity contribution in [1.82, 2.24) is 15.1 Å². The van der Waals surface area contributed by atoms with Crippen molar-refractivity contribution in [1.29, 1.82) is 0 Å². The third-order valence-electron chi connectivity index (χ3n) is 2.03. The minimum atomic E-state index is -4.34. The summed E-state index contributed by atoms with van der Waals surface area (Å²) in [4.78, 5) is 0. The number of nitrogens with zero attached hydrogens (tertiary/aromatic N) is 2. The first kappa shape index (κ1) is 12.0. The van der Waals surface area contributed by atoms with Gasteiger partial charge >= 0.3 is 6.18 Å². The van der Waals surface area contributed by atoms with Crippen molar-refractivity contribution in [2.75, 3.05) is 6.54 Å². The second-order valence-electron chi connectivity index (χ2n) is 3.32. The Hall–Kier alpha value is -1.04. The topological polar surface area (TPSA) is 29.9 Å². The summed E-state index contributed by atoms with van der Waals surface area (Å²) in [5.41, 5.74) is -0.482. The molecule has 1 N–H and O–H groups in total. The van der Waals surface area contributed by atoms with E-state index in [9.17, 15) is 13.2 Å². The molecular weight excluding hydrogens is 207 g/mol. The molecule has 0 aliphatic rings. The monoisotopic (exact) mass is 221 g/mol. The third-order valence-corrected chi connectivity index (χ3v) is 2.03. The number of aromatic nitrogens is 2. The van der Waals surface area contributed by atoms with Crippen molar-refractivity contribution in [2.24, 2.45) is 7.05 Å². The van der Waals surface area contributed by atoms with Crippen molar-refractivity contribution in [3.63, 3.8) is 0 Å². The van der Waals surface area contributed by atoms with Gasteiger partial charge in [0.05, 0.1) is 6.20 Å². The zero-order chi connectivity index (χ0) is 11.5. The molecule has 6 heteroatoms. The van der Waals surface area contributed by atoms with E-state index in [0.29, 0.717) is 6.54 Å². The van der Waals surface area contributed by atoms with Crippen LogP contribution < -0.4 is 5.32 Å². The molecule has 1 heterocycles. The van der Waals surface area contributed by atoms with Crippen LogP contribution in [-0.2, 0) is 19.8 Å². The van der Waals surface area contributed by atoms with Crippen molar-refractivity contribution < 1.29 is 13.2 Å². The van der Waals surface area contributed by atoms with Crippen molar-refractivity contribution in [3.8, 4) is 0 Å². The minimum Gasteiger partial charge on any atom is -0.313 e. The van der Waals surface area contributed by atoms with Gasteiger partial charge in [-0.3, -0.25) is 4.68 Å². The van der Waals surface area contributed by atoms with Gasteiger partial charge in [-0.15, -0.1) is 0 Å². The maximum absolute atomic E-state index is 12.6. The highest BCUT2D eigenvalue weighted by molar-refractivity contribution is 5.20. The van der Waals surface area contributed by atoms with Crippen LogP contribution in [-0.4, -0.2) is 16.3 Å². The Morgan fingerprint density at radius 3 is 2.67 bits per heavy atom. The van der Waals surface area contributed by atoms with Crippen LogP contribution in [0, 0.1) is 0 Å². The van der Waals surface area contributed by atoms with E-state index in [-0.39, 0.29) is 12.1 Å². The van der Waals surface area contributed by atoms with Gasteiger partial charge in [-0.1, -0.05) is 6.92 Å². The van der Waals surface area contributed by atoms with Gasteiger partial charge in [-0.2, -0.15) is 18.3 Å². The number of rotatable bonds is 4. The average molecular weight is 221 g/mol. The predicted molar refractivity (Wildman–Crippen MR) is 50.2 cm³/mol.